The molecule has 140 valence electrons. The summed E-state index contributed by atoms with van der Waals surface area (Å²) in [4.78, 5) is 29.5. The Morgan fingerprint density at radius 1 is 1.08 bits per heavy atom. The number of nitrogens with one attached hydrogen (secondary N) is 1. The smallest absolute Gasteiger partial charge is 0.408 e. The molecule has 0 saturated heterocycles. The number of benzene rings is 1. The molecule has 8 nitrogen and oxygen atoms in total. The molecule has 1 heterocycles. The van der Waals surface area contributed by atoms with Crippen LogP contribution in [0.2, 0.25) is 0 Å². The Morgan fingerprint density at radius 3 is 2.19 bits per heavy atom. The van der Waals surface area contributed by atoms with Gasteiger partial charge in [-0.15, -0.1) is 4.73 Å². The van der Waals surface area contributed by atoms with Crippen LogP contribution in [-0.4, -0.2) is 38.6 Å². The highest BCUT2D eigenvalue weighted by molar-refractivity contribution is 5.82. The molecule has 0 unspecified atom stereocenters. The first kappa shape index (κ1) is 19.2. The van der Waals surface area contributed by atoms with Crippen LogP contribution in [0.15, 0.2) is 42.5 Å². The van der Waals surface area contributed by atoms with E-state index in [9.17, 15) is 19.8 Å². The number of nitrogens with zero attached hydrogens (tertiary/aromatic N) is 1. The third-order valence-electron chi connectivity index (χ3n) is 3.24. The number of aromatic nitrogens is 1. The lowest BCUT2D eigenvalue weighted by Crippen LogP contribution is -2.47. The molecular formula is C18H22N2O6. The summed E-state index contributed by atoms with van der Waals surface area (Å²) in [5.74, 6) is -1.78. The van der Waals surface area contributed by atoms with E-state index in [-0.39, 0.29) is 6.42 Å². The third-order valence-corrected chi connectivity index (χ3v) is 3.24. The van der Waals surface area contributed by atoms with Gasteiger partial charge >= 0.3 is 12.1 Å². The molecule has 8 heteroatoms. The van der Waals surface area contributed by atoms with Crippen molar-refractivity contribution in [2.24, 2.45) is 0 Å². The Hall–Kier alpha value is -3.16. The summed E-state index contributed by atoms with van der Waals surface area (Å²) in [5.41, 5.74) is 0.0499. The van der Waals surface area contributed by atoms with E-state index in [1.165, 1.54) is 0 Å². The number of carbonyl (C=O) groups is 2. The molecule has 0 aliphatic heterocycles. The van der Waals surface area contributed by atoms with Crippen molar-refractivity contribution in [1.29, 1.82) is 0 Å². The van der Waals surface area contributed by atoms with E-state index in [4.69, 9.17) is 9.57 Å². The Balaban J connectivity index is 2.16. The van der Waals surface area contributed by atoms with Gasteiger partial charge in [0.1, 0.15) is 11.6 Å². The maximum atomic E-state index is 12.5. The predicted molar refractivity (Wildman–Crippen MR) is 92.7 cm³/mol. The van der Waals surface area contributed by atoms with Crippen molar-refractivity contribution in [2.75, 3.05) is 0 Å². The molecule has 0 bridgehead atoms. The molecule has 2 aromatic rings. The summed E-state index contributed by atoms with van der Waals surface area (Å²) >= 11 is 0. The first-order chi connectivity index (χ1) is 12.2. The largest absolute Gasteiger partial charge is 0.492 e. The topological polar surface area (TPSA) is 110 Å². The van der Waals surface area contributed by atoms with Gasteiger partial charge in [-0.3, -0.25) is 0 Å². The molecule has 2 rings (SSSR count). The molecule has 0 spiro atoms. The maximum Gasteiger partial charge on any atom is 0.408 e. The summed E-state index contributed by atoms with van der Waals surface area (Å²) in [5, 5.41) is 21.7. The molecule has 1 aromatic carbocycles. The zero-order valence-electron chi connectivity index (χ0n) is 14.8. The summed E-state index contributed by atoms with van der Waals surface area (Å²) in [6, 6.07) is 10.3. The quantitative estimate of drug-likeness (QED) is 0.750. The number of amides is 1. The van der Waals surface area contributed by atoms with Gasteiger partial charge in [-0.2, -0.15) is 0 Å². The van der Waals surface area contributed by atoms with Gasteiger partial charge < -0.3 is 25.1 Å². The summed E-state index contributed by atoms with van der Waals surface area (Å²) in [6.07, 6.45) is -0.641. The summed E-state index contributed by atoms with van der Waals surface area (Å²) in [6.45, 7) is 5.10. The van der Waals surface area contributed by atoms with Crippen molar-refractivity contribution in [3.63, 3.8) is 0 Å². The fourth-order valence-electron chi connectivity index (χ4n) is 2.14. The number of ether oxygens (including phenoxy) is 1. The lowest BCUT2D eigenvalue weighted by Gasteiger charge is -2.23. The number of alkyl carbamates (subject to hydrolysis) is 1. The van der Waals surface area contributed by atoms with Crippen LogP contribution in [0.3, 0.4) is 0 Å². The molecule has 0 aliphatic carbocycles. The Kier molecular flexibility index (Phi) is 5.76. The molecule has 0 aliphatic rings. The summed E-state index contributed by atoms with van der Waals surface area (Å²) in [7, 11) is 0. The van der Waals surface area contributed by atoms with Gasteiger partial charge in [0.2, 0.25) is 11.8 Å². The van der Waals surface area contributed by atoms with Crippen LogP contribution in [0.1, 0.15) is 26.3 Å². The van der Waals surface area contributed by atoms with E-state index < -0.39 is 35.5 Å². The van der Waals surface area contributed by atoms with Crippen LogP contribution in [0.4, 0.5) is 4.79 Å². The van der Waals surface area contributed by atoms with Crippen molar-refractivity contribution < 1.29 is 29.4 Å². The first-order valence-electron chi connectivity index (χ1n) is 8.01. The van der Waals surface area contributed by atoms with Crippen molar-refractivity contribution in [3.8, 4) is 11.8 Å². The van der Waals surface area contributed by atoms with Gasteiger partial charge in [-0.1, -0.05) is 30.3 Å². The van der Waals surface area contributed by atoms with Crippen LogP contribution >= 0.6 is 0 Å². The molecule has 26 heavy (non-hydrogen) atoms. The lowest BCUT2D eigenvalue weighted by atomic mass is 10.1. The minimum atomic E-state index is -1.09. The van der Waals surface area contributed by atoms with Gasteiger partial charge in [-0.05, 0) is 26.3 Å². The number of rotatable bonds is 5. The Bertz CT molecular complexity index is 744. The Morgan fingerprint density at radius 2 is 1.65 bits per heavy atom. The maximum absolute atomic E-state index is 12.5. The average Bonchev–Trinajstić information content (AvgIpc) is 2.85. The van der Waals surface area contributed by atoms with Crippen LogP contribution in [0.25, 0.3) is 0 Å². The fourth-order valence-corrected chi connectivity index (χ4v) is 2.14. The SMILES string of the molecule is CC(C)(C)OC(=O)N[C@@H](Cc1ccccc1)C(=O)On1c(O)ccc1O. The average molecular weight is 362 g/mol. The highest BCUT2D eigenvalue weighted by Gasteiger charge is 2.27. The molecule has 1 aromatic heterocycles. The van der Waals surface area contributed by atoms with E-state index >= 15 is 0 Å². The number of hydrogen-bond donors (Lipinski definition) is 3. The summed E-state index contributed by atoms with van der Waals surface area (Å²) < 4.78 is 5.74. The van der Waals surface area contributed by atoms with E-state index in [1.54, 1.807) is 45.0 Å². The molecule has 0 radical (unpaired) electrons. The lowest BCUT2D eigenvalue weighted by molar-refractivity contribution is -0.148. The molecule has 0 saturated carbocycles. The minimum Gasteiger partial charge on any atom is -0.492 e. The highest BCUT2D eigenvalue weighted by atomic mass is 16.7. The number of aromatic hydroxyl groups is 2. The van der Waals surface area contributed by atoms with Gasteiger partial charge in [0.25, 0.3) is 0 Å². The van der Waals surface area contributed by atoms with E-state index in [0.29, 0.717) is 4.73 Å². The molecule has 0 fully saturated rings. The van der Waals surface area contributed by atoms with Crippen molar-refractivity contribution in [2.45, 2.75) is 38.8 Å². The van der Waals surface area contributed by atoms with E-state index in [1.807, 2.05) is 6.07 Å². The second-order valence-electron chi connectivity index (χ2n) is 6.64. The second kappa shape index (κ2) is 7.81. The highest BCUT2D eigenvalue weighted by Crippen LogP contribution is 2.19. The monoisotopic (exact) mass is 362 g/mol. The van der Waals surface area contributed by atoms with Crippen LogP contribution in [0.5, 0.6) is 11.8 Å². The molecule has 1 amide bonds. The van der Waals surface area contributed by atoms with Crippen LogP contribution in [-0.2, 0) is 16.0 Å². The fraction of sp³-hybridized carbons (Fsp3) is 0.333. The zero-order chi connectivity index (χ0) is 19.3. The van der Waals surface area contributed by atoms with Gasteiger partial charge in [0.15, 0.2) is 0 Å². The van der Waals surface area contributed by atoms with Crippen molar-refractivity contribution in [3.05, 3.63) is 48.0 Å². The normalized spacial score (nSPS) is 12.3. The van der Waals surface area contributed by atoms with Gasteiger partial charge in [0.05, 0.1) is 0 Å². The third kappa shape index (κ3) is 5.44. The van der Waals surface area contributed by atoms with Crippen molar-refractivity contribution in [1.82, 2.24) is 10.0 Å². The minimum absolute atomic E-state index is 0.141. The van der Waals surface area contributed by atoms with Gasteiger partial charge in [0, 0.05) is 18.6 Å². The number of hydrogen-bond acceptors (Lipinski definition) is 6. The van der Waals surface area contributed by atoms with E-state index in [2.05, 4.69) is 5.32 Å². The second-order valence-corrected chi connectivity index (χ2v) is 6.64. The molecular weight excluding hydrogens is 340 g/mol. The predicted octanol–water partition coefficient (Wildman–Crippen LogP) is 1.99. The number of carbonyl (C=O) groups excluding carboxylic acids is 2. The van der Waals surface area contributed by atoms with E-state index in [0.717, 1.165) is 17.7 Å². The van der Waals surface area contributed by atoms with Crippen LogP contribution in [0, 0.1) is 0 Å². The first-order valence-corrected chi connectivity index (χ1v) is 8.01. The molecule has 3 N–H and O–H groups in total. The Labute approximate surface area is 150 Å². The standard InChI is InChI=1S/C18H22N2O6/c1-18(2,3)25-17(24)19-13(11-12-7-5-4-6-8-12)16(23)26-20-14(21)9-10-15(20)22/h4-10,13,21-22H,11H2,1-3H3,(H,19,24)/t13-/m0/s1. The zero-order valence-corrected chi connectivity index (χ0v) is 14.8. The van der Waals surface area contributed by atoms with Crippen molar-refractivity contribution >= 4 is 12.1 Å². The van der Waals surface area contributed by atoms with Gasteiger partial charge in [-0.25, -0.2) is 9.59 Å². The molecule has 1 atom stereocenters. The van der Waals surface area contributed by atoms with Crippen LogP contribution < -0.4 is 10.2 Å².